The number of rotatable bonds is 2. The Kier molecular flexibility index (Phi) is 3.44. The average Bonchev–Trinajstić information content (AvgIpc) is 2.32. The van der Waals surface area contributed by atoms with Crippen molar-refractivity contribution in [2.75, 3.05) is 0 Å². The Morgan fingerprint density at radius 3 is 2.62 bits per heavy atom. The fourth-order valence-electron chi connectivity index (χ4n) is 2.54. The molecule has 0 radical (unpaired) electrons. The lowest BCUT2D eigenvalue weighted by Gasteiger charge is -2.28. The Morgan fingerprint density at radius 1 is 1.25 bits per heavy atom. The summed E-state index contributed by atoms with van der Waals surface area (Å²) >= 11 is 0. The minimum absolute atomic E-state index is 0.111. The number of phenolic OH excluding ortho intramolecular Hbond substituents is 1. The zero-order valence-corrected chi connectivity index (χ0v) is 9.32. The van der Waals surface area contributed by atoms with Crippen LogP contribution in [-0.2, 0) is 0 Å². The Morgan fingerprint density at radius 2 is 1.94 bits per heavy atom. The molecule has 0 spiro atoms. The first kappa shape index (κ1) is 11.4. The highest BCUT2D eigenvalue weighted by Gasteiger charge is 2.24. The van der Waals surface area contributed by atoms with Crippen molar-refractivity contribution in [2.45, 2.75) is 38.1 Å². The van der Waals surface area contributed by atoms with Gasteiger partial charge in [-0.2, -0.15) is 0 Å². The zero-order chi connectivity index (χ0) is 11.5. The third-order valence-electron chi connectivity index (χ3n) is 3.51. The molecule has 0 saturated heterocycles. The second-order valence-corrected chi connectivity index (χ2v) is 4.63. The van der Waals surface area contributed by atoms with Crippen molar-refractivity contribution in [3.05, 3.63) is 29.6 Å². The highest BCUT2D eigenvalue weighted by atomic mass is 19.1. The van der Waals surface area contributed by atoms with Gasteiger partial charge >= 0.3 is 0 Å². The van der Waals surface area contributed by atoms with Gasteiger partial charge in [0.05, 0.1) is 0 Å². The van der Waals surface area contributed by atoms with Crippen molar-refractivity contribution >= 4 is 0 Å². The highest BCUT2D eigenvalue weighted by Crippen LogP contribution is 2.36. The van der Waals surface area contributed by atoms with E-state index in [4.69, 9.17) is 5.73 Å². The normalized spacial score (nSPS) is 19.6. The molecular formula is C13H18FNO. The van der Waals surface area contributed by atoms with Gasteiger partial charge in [-0.1, -0.05) is 19.3 Å². The van der Waals surface area contributed by atoms with Crippen LogP contribution in [-0.4, -0.2) is 5.11 Å². The van der Waals surface area contributed by atoms with E-state index >= 15 is 0 Å². The second-order valence-electron chi connectivity index (χ2n) is 4.63. The molecule has 0 aromatic heterocycles. The Hall–Kier alpha value is -1.09. The van der Waals surface area contributed by atoms with E-state index in [2.05, 4.69) is 0 Å². The van der Waals surface area contributed by atoms with E-state index < -0.39 is 0 Å². The molecule has 1 aromatic rings. The van der Waals surface area contributed by atoms with E-state index in [9.17, 15) is 9.50 Å². The molecule has 2 rings (SSSR count). The third kappa shape index (κ3) is 2.35. The molecule has 16 heavy (non-hydrogen) atoms. The van der Waals surface area contributed by atoms with Crippen LogP contribution in [0, 0.1) is 11.7 Å². The summed E-state index contributed by atoms with van der Waals surface area (Å²) in [6.45, 7) is 0. The average molecular weight is 223 g/mol. The van der Waals surface area contributed by atoms with Crippen LogP contribution in [0.1, 0.15) is 43.7 Å². The molecule has 1 fully saturated rings. The second kappa shape index (κ2) is 4.83. The quantitative estimate of drug-likeness (QED) is 0.809. The van der Waals surface area contributed by atoms with Crippen molar-refractivity contribution < 1.29 is 9.50 Å². The van der Waals surface area contributed by atoms with E-state index in [1.54, 1.807) is 0 Å². The summed E-state index contributed by atoms with van der Waals surface area (Å²) in [7, 11) is 0. The van der Waals surface area contributed by atoms with Gasteiger partial charge in [-0.25, -0.2) is 4.39 Å². The molecule has 0 bridgehead atoms. The first-order chi connectivity index (χ1) is 7.68. The Bertz CT molecular complexity index is 361. The van der Waals surface area contributed by atoms with Crippen molar-refractivity contribution in [2.24, 2.45) is 11.7 Å². The van der Waals surface area contributed by atoms with Crippen LogP contribution in [0.25, 0.3) is 0 Å². The molecule has 88 valence electrons. The number of halogens is 1. The number of hydrogen-bond acceptors (Lipinski definition) is 2. The molecular weight excluding hydrogens is 205 g/mol. The summed E-state index contributed by atoms with van der Waals surface area (Å²) in [4.78, 5) is 0. The lowest BCUT2D eigenvalue weighted by molar-refractivity contribution is 0.302. The summed E-state index contributed by atoms with van der Waals surface area (Å²) in [6, 6.07) is 3.75. The number of benzene rings is 1. The van der Waals surface area contributed by atoms with Gasteiger partial charge in [-0.3, -0.25) is 0 Å². The topological polar surface area (TPSA) is 46.2 Å². The standard InChI is InChI=1S/C13H18FNO/c14-10-6-7-12(16)11(8-10)13(15)9-4-2-1-3-5-9/h6-9,13,16H,1-5,15H2/t13-/m1/s1. The first-order valence-corrected chi connectivity index (χ1v) is 5.92. The zero-order valence-electron chi connectivity index (χ0n) is 9.32. The van der Waals surface area contributed by atoms with E-state index in [1.807, 2.05) is 0 Å². The molecule has 3 heteroatoms. The number of hydrogen-bond donors (Lipinski definition) is 2. The summed E-state index contributed by atoms with van der Waals surface area (Å²) in [5.74, 6) is 0.153. The van der Waals surface area contributed by atoms with Crippen LogP contribution in [0.15, 0.2) is 18.2 Å². The highest BCUT2D eigenvalue weighted by molar-refractivity contribution is 5.35. The third-order valence-corrected chi connectivity index (χ3v) is 3.51. The summed E-state index contributed by atoms with van der Waals surface area (Å²) in [5.41, 5.74) is 6.66. The largest absolute Gasteiger partial charge is 0.508 e. The maximum absolute atomic E-state index is 13.1. The van der Waals surface area contributed by atoms with Gasteiger partial charge in [0.15, 0.2) is 0 Å². The van der Waals surface area contributed by atoms with Gasteiger partial charge in [-0.05, 0) is 37.0 Å². The molecule has 0 heterocycles. The number of aromatic hydroxyl groups is 1. The predicted octanol–water partition coefficient (Wildman–Crippen LogP) is 3.11. The lowest BCUT2D eigenvalue weighted by atomic mass is 9.81. The summed E-state index contributed by atoms with van der Waals surface area (Å²) in [5, 5.41) is 9.69. The van der Waals surface area contributed by atoms with Crippen molar-refractivity contribution in [3.8, 4) is 5.75 Å². The monoisotopic (exact) mass is 223 g/mol. The van der Waals surface area contributed by atoms with Gasteiger partial charge in [0.1, 0.15) is 11.6 Å². The maximum Gasteiger partial charge on any atom is 0.123 e. The van der Waals surface area contributed by atoms with Crippen LogP contribution < -0.4 is 5.73 Å². The van der Waals surface area contributed by atoms with Gasteiger partial charge < -0.3 is 10.8 Å². The molecule has 0 amide bonds. The van der Waals surface area contributed by atoms with Crippen molar-refractivity contribution in [1.29, 1.82) is 0 Å². The predicted molar refractivity (Wildman–Crippen MR) is 61.6 cm³/mol. The van der Waals surface area contributed by atoms with Crippen LogP contribution in [0.5, 0.6) is 5.75 Å². The minimum atomic E-state index is -0.334. The van der Waals surface area contributed by atoms with Gasteiger partial charge in [0.2, 0.25) is 0 Å². The molecule has 2 nitrogen and oxygen atoms in total. The molecule has 1 aliphatic carbocycles. The lowest BCUT2D eigenvalue weighted by Crippen LogP contribution is -2.23. The Balaban J connectivity index is 2.18. The van der Waals surface area contributed by atoms with Gasteiger partial charge in [-0.15, -0.1) is 0 Å². The molecule has 0 aliphatic heterocycles. The molecule has 3 N–H and O–H groups in total. The van der Waals surface area contributed by atoms with E-state index in [1.165, 1.54) is 37.5 Å². The fourth-order valence-corrected chi connectivity index (χ4v) is 2.54. The molecule has 1 saturated carbocycles. The fraction of sp³-hybridized carbons (Fsp3) is 0.538. The number of phenols is 1. The molecule has 1 aliphatic rings. The van der Waals surface area contributed by atoms with Crippen LogP contribution in [0.3, 0.4) is 0 Å². The smallest absolute Gasteiger partial charge is 0.123 e. The van der Waals surface area contributed by atoms with Crippen LogP contribution >= 0.6 is 0 Å². The maximum atomic E-state index is 13.1. The van der Waals surface area contributed by atoms with E-state index in [-0.39, 0.29) is 17.6 Å². The summed E-state index contributed by atoms with van der Waals surface area (Å²) in [6.07, 6.45) is 5.80. The van der Waals surface area contributed by atoms with Crippen LogP contribution in [0.2, 0.25) is 0 Å². The van der Waals surface area contributed by atoms with Crippen LogP contribution in [0.4, 0.5) is 4.39 Å². The van der Waals surface area contributed by atoms with E-state index in [0.29, 0.717) is 11.5 Å². The molecule has 1 atom stereocenters. The number of nitrogens with two attached hydrogens (primary N) is 1. The van der Waals surface area contributed by atoms with Crippen molar-refractivity contribution in [3.63, 3.8) is 0 Å². The first-order valence-electron chi connectivity index (χ1n) is 5.92. The SMILES string of the molecule is N[C@@H](c1cc(F)ccc1O)C1CCCCC1. The molecule has 0 unspecified atom stereocenters. The van der Waals surface area contributed by atoms with Gasteiger partial charge in [0.25, 0.3) is 0 Å². The van der Waals surface area contributed by atoms with Crippen molar-refractivity contribution in [1.82, 2.24) is 0 Å². The minimum Gasteiger partial charge on any atom is -0.508 e. The Labute approximate surface area is 95.3 Å². The van der Waals surface area contributed by atoms with Gasteiger partial charge in [0, 0.05) is 11.6 Å². The summed E-state index contributed by atoms with van der Waals surface area (Å²) < 4.78 is 13.1. The van der Waals surface area contributed by atoms with E-state index in [0.717, 1.165) is 12.8 Å². The molecule has 1 aromatic carbocycles.